The van der Waals surface area contributed by atoms with Gasteiger partial charge in [-0.1, -0.05) is 88.3 Å². The van der Waals surface area contributed by atoms with Gasteiger partial charge in [-0.3, -0.25) is 4.79 Å². The van der Waals surface area contributed by atoms with Gasteiger partial charge in [0.05, 0.1) is 46.7 Å². The van der Waals surface area contributed by atoms with Crippen molar-refractivity contribution in [3.05, 3.63) is 65.7 Å². The minimum atomic E-state index is -1.80. The summed E-state index contributed by atoms with van der Waals surface area (Å²) < 4.78 is 24.6. The molecule has 3 rings (SSSR count). The molecular weight excluding hydrogens is 520 g/mol. The molecule has 0 spiro atoms. The number of Topliss-reactive ketones (excluding diaryl/α,β-unsaturated/α-hetero) is 1. The van der Waals surface area contributed by atoms with Crippen LogP contribution in [0.3, 0.4) is 0 Å². The van der Waals surface area contributed by atoms with Crippen LogP contribution in [0.2, 0.25) is 23.7 Å². The number of carbonyl (C=O) groups excluding carboxylic acids is 1. The molecule has 2 aromatic rings. The molecule has 1 aliphatic heterocycles. The van der Waals surface area contributed by atoms with E-state index in [0.29, 0.717) is 45.5 Å². The quantitative estimate of drug-likeness (QED) is 0.174. The van der Waals surface area contributed by atoms with Gasteiger partial charge in [-0.05, 0) is 41.6 Å². The maximum Gasteiger partial charge on any atom is 0.161 e. The van der Waals surface area contributed by atoms with Crippen LogP contribution in [0.5, 0.6) is 5.75 Å². The summed E-state index contributed by atoms with van der Waals surface area (Å²) in [7, 11) is -0.138. The molecule has 0 amide bonds. The first-order valence-electron chi connectivity index (χ1n) is 15.1. The maximum absolute atomic E-state index is 13.0. The fourth-order valence-electron chi connectivity index (χ4n) is 6.25. The number of benzene rings is 2. The Balaban J connectivity index is 1.84. The number of hydrogen-bond donors (Lipinski definition) is 1. The molecule has 0 unspecified atom stereocenters. The fraction of sp³-hybridized carbons (Fsp3) is 0.606. The summed E-state index contributed by atoms with van der Waals surface area (Å²) in [6.07, 6.45) is 0.416. The number of carbonyl (C=O) groups is 1. The molecule has 7 heteroatoms. The first kappa shape index (κ1) is 32.5. The van der Waals surface area contributed by atoms with Gasteiger partial charge >= 0.3 is 0 Å². The third-order valence-electron chi connectivity index (χ3n) is 9.05. The number of aliphatic hydroxyl groups is 1. The van der Waals surface area contributed by atoms with Crippen LogP contribution in [-0.2, 0) is 32.2 Å². The molecule has 0 aliphatic carbocycles. The molecule has 1 aliphatic rings. The van der Waals surface area contributed by atoms with E-state index in [-0.39, 0.29) is 23.5 Å². The third-order valence-corrected chi connectivity index (χ3v) is 15.5. The van der Waals surface area contributed by atoms with Crippen molar-refractivity contribution in [1.82, 2.24) is 0 Å². The minimum Gasteiger partial charge on any atom is -0.497 e. The van der Waals surface area contributed by atoms with E-state index in [1.54, 1.807) is 7.11 Å². The van der Waals surface area contributed by atoms with Gasteiger partial charge in [-0.25, -0.2) is 0 Å². The zero-order chi connectivity index (χ0) is 29.0. The molecule has 1 heterocycles. The number of aliphatic hydroxyl groups excluding tert-OH is 1. The van der Waals surface area contributed by atoms with Gasteiger partial charge < -0.3 is 24.1 Å². The highest BCUT2D eigenvalue weighted by Gasteiger charge is 2.47. The van der Waals surface area contributed by atoms with E-state index in [0.717, 1.165) is 35.0 Å². The lowest BCUT2D eigenvalue weighted by Crippen LogP contribution is -2.45. The van der Waals surface area contributed by atoms with Gasteiger partial charge in [0, 0.05) is 19.4 Å². The summed E-state index contributed by atoms with van der Waals surface area (Å²) in [4.78, 5) is 13.0. The summed E-state index contributed by atoms with van der Waals surface area (Å²) in [6, 6.07) is 21.4. The molecule has 0 saturated carbocycles. The highest BCUT2D eigenvalue weighted by Crippen LogP contribution is 2.44. The van der Waals surface area contributed by atoms with Crippen molar-refractivity contribution < 1.29 is 28.8 Å². The van der Waals surface area contributed by atoms with Crippen molar-refractivity contribution in [3.63, 3.8) is 0 Å². The molecule has 2 aromatic carbocycles. The Morgan fingerprint density at radius 2 is 1.60 bits per heavy atom. The number of ketones is 1. The van der Waals surface area contributed by atoms with Crippen LogP contribution in [-0.4, -0.2) is 57.1 Å². The van der Waals surface area contributed by atoms with E-state index < -0.39 is 20.3 Å². The van der Waals surface area contributed by atoms with Gasteiger partial charge in [0.25, 0.3) is 0 Å². The lowest BCUT2D eigenvalue weighted by atomic mass is 10.0. The molecule has 222 valence electrons. The average molecular weight is 571 g/mol. The monoisotopic (exact) mass is 570 g/mol. The second-order valence-electron chi connectivity index (χ2n) is 11.1. The van der Waals surface area contributed by atoms with Crippen LogP contribution in [0.15, 0.2) is 54.6 Å². The van der Waals surface area contributed by atoms with Gasteiger partial charge in [-0.2, -0.15) is 0 Å². The zero-order valence-electron chi connectivity index (χ0n) is 25.1. The Morgan fingerprint density at radius 3 is 2.20 bits per heavy atom. The molecule has 0 bridgehead atoms. The normalized spacial score (nSPS) is 22.4. The third kappa shape index (κ3) is 8.73. The number of rotatable bonds is 16. The largest absolute Gasteiger partial charge is 0.497 e. The first-order valence-corrected chi connectivity index (χ1v) is 17.8. The van der Waals surface area contributed by atoms with Crippen molar-refractivity contribution in [2.24, 2.45) is 0 Å². The molecular formula is C33H50O6Si. The van der Waals surface area contributed by atoms with Crippen LogP contribution in [0.1, 0.15) is 64.5 Å². The molecule has 6 nitrogen and oxygen atoms in total. The molecule has 1 saturated heterocycles. The van der Waals surface area contributed by atoms with Crippen LogP contribution in [0.4, 0.5) is 0 Å². The van der Waals surface area contributed by atoms with Gasteiger partial charge in [0.1, 0.15) is 11.9 Å². The Kier molecular flexibility index (Phi) is 13.3. The topological polar surface area (TPSA) is 74.2 Å². The molecule has 1 N–H and O–H groups in total. The van der Waals surface area contributed by atoms with Crippen LogP contribution >= 0.6 is 0 Å². The molecule has 0 aromatic heterocycles. The number of ether oxygens (including phenoxy) is 4. The van der Waals surface area contributed by atoms with E-state index in [2.05, 4.69) is 32.9 Å². The van der Waals surface area contributed by atoms with Gasteiger partial charge in [0.2, 0.25) is 0 Å². The van der Waals surface area contributed by atoms with Crippen molar-refractivity contribution in [2.75, 3.05) is 13.7 Å². The molecule has 0 radical (unpaired) electrons. The van der Waals surface area contributed by atoms with Gasteiger partial charge in [-0.15, -0.1) is 0 Å². The Bertz CT molecular complexity index is 985. The first-order chi connectivity index (χ1) is 19.4. The molecule has 5 atom stereocenters. The second kappa shape index (κ2) is 16.4. The maximum atomic E-state index is 13.0. The van der Waals surface area contributed by atoms with Crippen LogP contribution in [0.25, 0.3) is 0 Å². The predicted octanol–water partition coefficient (Wildman–Crippen LogP) is 6.95. The Hall–Kier alpha value is -2.03. The number of methoxy groups -OCH3 is 1. The van der Waals surface area contributed by atoms with E-state index >= 15 is 0 Å². The summed E-state index contributed by atoms with van der Waals surface area (Å²) >= 11 is 0. The van der Waals surface area contributed by atoms with E-state index in [1.165, 1.54) is 0 Å². The van der Waals surface area contributed by atoms with Crippen molar-refractivity contribution in [3.8, 4) is 5.75 Å². The van der Waals surface area contributed by atoms with Crippen LogP contribution in [0, 0.1) is 0 Å². The molecule has 40 heavy (non-hydrogen) atoms. The van der Waals surface area contributed by atoms with E-state index in [9.17, 15) is 9.90 Å². The second-order valence-corrected chi connectivity index (χ2v) is 16.7. The number of hydrogen-bond acceptors (Lipinski definition) is 6. The lowest BCUT2D eigenvalue weighted by molar-refractivity contribution is -0.146. The Morgan fingerprint density at radius 1 is 0.950 bits per heavy atom. The van der Waals surface area contributed by atoms with Crippen molar-refractivity contribution in [1.29, 1.82) is 0 Å². The SMILES string of the molecule is CCC(=O)[C@H]1C[C@@H](O)[C@@H]([Si](CC)(CC)CC)C[C@@H]([C@H](CCOCc2ccccc2)OCc2ccc(OC)cc2)O1. The molecule has 1 fully saturated rings. The minimum absolute atomic E-state index is 0.0516. The fourth-order valence-corrected chi connectivity index (χ4v) is 11.0. The van der Waals surface area contributed by atoms with E-state index in [1.807, 2.05) is 49.4 Å². The summed E-state index contributed by atoms with van der Waals surface area (Å²) in [5.41, 5.74) is 2.33. The summed E-state index contributed by atoms with van der Waals surface area (Å²) in [6.45, 7) is 10.2. The highest BCUT2D eigenvalue weighted by atomic mass is 28.3. The standard InChI is InChI=1S/C33H50O6Si/c1-6-28(34)31-21-29(35)33(40(7-2,8-3)9-4)22-32(39-31)30(19-20-37-23-25-13-11-10-12-14-25)38-24-26-15-17-27(36-5)18-16-26/h10-18,29-33,35H,6-9,19-24H2,1-5H3/t29-,30+,31-,32+,33+/m1/s1. The van der Waals surface area contributed by atoms with Crippen LogP contribution < -0.4 is 4.74 Å². The highest BCUT2D eigenvalue weighted by molar-refractivity contribution is 6.81. The average Bonchev–Trinajstić information content (AvgIpc) is 3.17. The van der Waals surface area contributed by atoms with Gasteiger partial charge in [0.15, 0.2) is 5.78 Å². The summed E-state index contributed by atoms with van der Waals surface area (Å²) in [5.74, 6) is 0.857. The van der Waals surface area contributed by atoms with Crippen molar-refractivity contribution in [2.45, 2.75) is 115 Å². The zero-order valence-corrected chi connectivity index (χ0v) is 26.1. The smallest absolute Gasteiger partial charge is 0.161 e. The lowest BCUT2D eigenvalue weighted by Gasteiger charge is -2.41. The Labute approximate surface area is 242 Å². The predicted molar refractivity (Wildman–Crippen MR) is 162 cm³/mol. The van der Waals surface area contributed by atoms with Crippen molar-refractivity contribution >= 4 is 13.9 Å². The summed E-state index contributed by atoms with van der Waals surface area (Å²) in [5, 5.41) is 11.5. The van der Waals surface area contributed by atoms with E-state index in [4.69, 9.17) is 18.9 Å².